The van der Waals surface area contributed by atoms with Crippen LogP contribution in [0.2, 0.25) is 0 Å². The van der Waals surface area contributed by atoms with Gasteiger partial charge in [0.15, 0.2) is 11.6 Å². The highest BCUT2D eigenvalue weighted by Gasteiger charge is 2.32. The molecule has 1 unspecified atom stereocenters. The summed E-state index contributed by atoms with van der Waals surface area (Å²) in [6, 6.07) is 2.53. The molecule has 0 N–H and O–H groups in total. The van der Waals surface area contributed by atoms with Crippen LogP contribution in [0.25, 0.3) is 0 Å². The average Bonchev–Trinajstić information content (AvgIpc) is 2.64. The second kappa shape index (κ2) is 7.50. The van der Waals surface area contributed by atoms with Gasteiger partial charge in [0.05, 0.1) is 30.9 Å². The Hall–Kier alpha value is -2.33. The summed E-state index contributed by atoms with van der Waals surface area (Å²) in [5.41, 5.74) is 0. The zero-order chi connectivity index (χ0) is 18.7. The van der Waals surface area contributed by atoms with Crippen molar-refractivity contribution in [1.82, 2.24) is 14.3 Å². The minimum absolute atomic E-state index is 0.0697. The van der Waals surface area contributed by atoms with Gasteiger partial charge >= 0.3 is 0 Å². The molecule has 0 saturated carbocycles. The largest absolute Gasteiger partial charge is 0.480 e. The van der Waals surface area contributed by atoms with E-state index in [2.05, 4.69) is 9.97 Å². The molecule has 0 aliphatic carbocycles. The van der Waals surface area contributed by atoms with E-state index in [1.54, 1.807) is 0 Å². The molecule has 0 bridgehead atoms. The van der Waals surface area contributed by atoms with Gasteiger partial charge in [-0.05, 0) is 31.0 Å². The summed E-state index contributed by atoms with van der Waals surface area (Å²) in [6.45, 7) is 0.338. The molecule has 0 spiro atoms. The van der Waals surface area contributed by atoms with E-state index in [4.69, 9.17) is 9.47 Å². The van der Waals surface area contributed by atoms with E-state index in [0.717, 1.165) is 12.1 Å². The highest BCUT2D eigenvalue weighted by Crippen LogP contribution is 2.24. The molecular formula is C16H17F2N3O4S. The molecule has 1 aromatic heterocycles. The Labute approximate surface area is 149 Å². The van der Waals surface area contributed by atoms with Gasteiger partial charge in [-0.15, -0.1) is 0 Å². The normalized spacial score (nSPS) is 18.5. The van der Waals surface area contributed by atoms with Crippen LogP contribution in [0.3, 0.4) is 0 Å². The van der Waals surface area contributed by atoms with Gasteiger partial charge < -0.3 is 9.47 Å². The first-order chi connectivity index (χ1) is 12.4. The Morgan fingerprint density at radius 2 is 1.96 bits per heavy atom. The van der Waals surface area contributed by atoms with Gasteiger partial charge in [0.25, 0.3) is 0 Å². The average molecular weight is 385 g/mol. The van der Waals surface area contributed by atoms with Crippen LogP contribution in [-0.4, -0.2) is 49.0 Å². The highest BCUT2D eigenvalue weighted by atomic mass is 32.2. The molecule has 3 rings (SSSR count). The number of aromatic nitrogens is 2. The van der Waals surface area contributed by atoms with Crippen LogP contribution in [0.15, 0.2) is 35.5 Å². The van der Waals surface area contributed by atoms with E-state index in [-0.39, 0.29) is 29.7 Å². The second-order valence-electron chi connectivity index (χ2n) is 5.72. The van der Waals surface area contributed by atoms with E-state index < -0.39 is 27.8 Å². The summed E-state index contributed by atoms with van der Waals surface area (Å²) >= 11 is 0. The third-order valence-electron chi connectivity index (χ3n) is 3.96. The fourth-order valence-corrected chi connectivity index (χ4v) is 4.19. The Kier molecular flexibility index (Phi) is 5.33. The Bertz CT molecular complexity index is 895. The number of sulfonamides is 1. The van der Waals surface area contributed by atoms with Crippen molar-refractivity contribution in [2.45, 2.75) is 23.8 Å². The van der Waals surface area contributed by atoms with Crippen molar-refractivity contribution >= 4 is 10.0 Å². The molecule has 7 nitrogen and oxygen atoms in total. The van der Waals surface area contributed by atoms with Gasteiger partial charge in [-0.2, -0.15) is 9.29 Å². The van der Waals surface area contributed by atoms with Crippen molar-refractivity contribution in [3.63, 3.8) is 0 Å². The van der Waals surface area contributed by atoms with Gasteiger partial charge in [0.2, 0.25) is 21.8 Å². The second-order valence-corrected chi connectivity index (χ2v) is 7.66. The van der Waals surface area contributed by atoms with Crippen molar-refractivity contribution in [1.29, 1.82) is 0 Å². The first kappa shape index (κ1) is 18.5. The zero-order valence-corrected chi connectivity index (χ0v) is 14.7. The smallest absolute Gasteiger partial charge is 0.243 e. The van der Waals surface area contributed by atoms with E-state index >= 15 is 0 Å². The predicted octanol–water partition coefficient (Wildman–Crippen LogP) is 2.00. The van der Waals surface area contributed by atoms with Gasteiger partial charge in [-0.3, -0.25) is 4.98 Å². The molecule has 1 aliphatic rings. The van der Waals surface area contributed by atoms with E-state index in [9.17, 15) is 17.2 Å². The Morgan fingerprint density at radius 1 is 1.19 bits per heavy atom. The minimum atomic E-state index is -3.95. The Morgan fingerprint density at radius 3 is 2.69 bits per heavy atom. The quantitative estimate of drug-likeness (QED) is 0.783. The van der Waals surface area contributed by atoms with Crippen LogP contribution in [0, 0.1) is 11.6 Å². The van der Waals surface area contributed by atoms with Crippen molar-refractivity contribution in [2.75, 3.05) is 20.2 Å². The van der Waals surface area contributed by atoms with Crippen molar-refractivity contribution in [2.24, 2.45) is 0 Å². The lowest BCUT2D eigenvalue weighted by Crippen LogP contribution is -2.44. The lowest BCUT2D eigenvalue weighted by molar-refractivity contribution is 0.123. The van der Waals surface area contributed by atoms with Crippen molar-refractivity contribution in [3.05, 3.63) is 42.2 Å². The van der Waals surface area contributed by atoms with Crippen molar-refractivity contribution < 1.29 is 26.7 Å². The summed E-state index contributed by atoms with van der Waals surface area (Å²) in [5.74, 6) is -1.80. The predicted molar refractivity (Wildman–Crippen MR) is 87.4 cm³/mol. The fourth-order valence-electron chi connectivity index (χ4n) is 2.66. The van der Waals surface area contributed by atoms with Gasteiger partial charge in [0, 0.05) is 6.54 Å². The molecule has 0 amide bonds. The molecule has 1 saturated heterocycles. The van der Waals surface area contributed by atoms with Crippen LogP contribution in [0.5, 0.6) is 11.8 Å². The highest BCUT2D eigenvalue weighted by molar-refractivity contribution is 7.89. The molecule has 1 aromatic carbocycles. The first-order valence-electron chi connectivity index (χ1n) is 7.88. The fraction of sp³-hybridized carbons (Fsp3) is 0.375. The van der Waals surface area contributed by atoms with Gasteiger partial charge in [0.1, 0.15) is 6.10 Å². The molecule has 1 fully saturated rings. The summed E-state index contributed by atoms with van der Waals surface area (Å²) in [6.07, 6.45) is 3.58. The molecule has 0 radical (unpaired) electrons. The number of hydrogen-bond acceptors (Lipinski definition) is 6. The minimum Gasteiger partial charge on any atom is -0.480 e. The Balaban J connectivity index is 1.75. The van der Waals surface area contributed by atoms with E-state index in [0.29, 0.717) is 18.9 Å². The molecular weight excluding hydrogens is 368 g/mol. The molecule has 1 aliphatic heterocycles. The maximum Gasteiger partial charge on any atom is 0.243 e. The lowest BCUT2D eigenvalue weighted by Gasteiger charge is -2.31. The summed E-state index contributed by atoms with van der Waals surface area (Å²) in [4.78, 5) is 7.73. The van der Waals surface area contributed by atoms with Gasteiger partial charge in [-0.25, -0.2) is 17.2 Å². The molecule has 1 atom stereocenters. The van der Waals surface area contributed by atoms with Crippen LogP contribution >= 0.6 is 0 Å². The third-order valence-corrected chi connectivity index (χ3v) is 5.82. The maximum atomic E-state index is 13.4. The number of rotatable bonds is 5. The molecule has 26 heavy (non-hydrogen) atoms. The lowest BCUT2D eigenvalue weighted by atomic mass is 10.1. The molecule has 2 aromatic rings. The topological polar surface area (TPSA) is 81.6 Å². The number of nitrogens with zero attached hydrogens (tertiary/aromatic N) is 3. The van der Waals surface area contributed by atoms with Crippen LogP contribution in [-0.2, 0) is 10.0 Å². The number of methoxy groups -OCH3 is 1. The van der Waals surface area contributed by atoms with Crippen LogP contribution in [0.4, 0.5) is 8.78 Å². The third kappa shape index (κ3) is 3.91. The molecule has 140 valence electrons. The van der Waals surface area contributed by atoms with E-state index in [1.807, 2.05) is 0 Å². The number of halogens is 2. The van der Waals surface area contributed by atoms with Crippen molar-refractivity contribution in [3.8, 4) is 11.8 Å². The SMILES string of the molecule is COc1cncc(OC2CCCN(S(=O)(=O)c3ccc(F)c(F)c3)C2)n1. The standard InChI is InChI=1S/C16H17F2N3O4S/c1-24-15-8-19-9-16(20-15)25-11-3-2-6-21(10-11)26(22,23)12-4-5-13(17)14(18)7-12/h4-5,7-9,11H,2-3,6,10H2,1H3. The monoisotopic (exact) mass is 385 g/mol. The molecule has 2 heterocycles. The van der Waals surface area contributed by atoms with Gasteiger partial charge in [-0.1, -0.05) is 0 Å². The number of hydrogen-bond donors (Lipinski definition) is 0. The molecule has 10 heteroatoms. The summed E-state index contributed by atoms with van der Waals surface area (Å²) < 4.78 is 63.7. The number of ether oxygens (including phenoxy) is 2. The van der Waals surface area contributed by atoms with Crippen LogP contribution < -0.4 is 9.47 Å². The maximum absolute atomic E-state index is 13.4. The van der Waals surface area contributed by atoms with Crippen LogP contribution in [0.1, 0.15) is 12.8 Å². The number of piperidine rings is 1. The number of benzene rings is 1. The van der Waals surface area contributed by atoms with E-state index in [1.165, 1.54) is 23.8 Å². The zero-order valence-electron chi connectivity index (χ0n) is 13.9. The summed E-state index contributed by atoms with van der Waals surface area (Å²) in [7, 11) is -2.50. The first-order valence-corrected chi connectivity index (χ1v) is 9.32. The summed E-state index contributed by atoms with van der Waals surface area (Å²) in [5, 5.41) is 0.